The van der Waals surface area contributed by atoms with Crippen LogP contribution in [0.15, 0.2) is 24.3 Å². The third-order valence-corrected chi connectivity index (χ3v) is 4.62. The minimum Gasteiger partial charge on any atom is -0.469 e. The summed E-state index contributed by atoms with van der Waals surface area (Å²) in [6, 6.07) is 7.37. The summed E-state index contributed by atoms with van der Waals surface area (Å²) >= 11 is 5.91. The highest BCUT2D eigenvalue weighted by molar-refractivity contribution is 6.30. The van der Waals surface area contributed by atoms with E-state index in [2.05, 4.69) is 0 Å². The Hall–Kier alpha value is -1.55. The Balaban J connectivity index is 2.12. The lowest BCUT2D eigenvalue weighted by Gasteiger charge is -2.42. The maximum Gasteiger partial charge on any atom is 0.312 e. The highest BCUT2D eigenvalue weighted by Crippen LogP contribution is 2.33. The van der Waals surface area contributed by atoms with Crippen LogP contribution in [0.1, 0.15) is 25.8 Å². The average Bonchev–Trinajstić information content (AvgIpc) is 2.45. The Morgan fingerprint density at radius 2 is 1.90 bits per heavy atom. The molecule has 21 heavy (non-hydrogen) atoms. The van der Waals surface area contributed by atoms with Crippen molar-refractivity contribution in [2.75, 3.05) is 20.2 Å². The number of amides is 1. The quantitative estimate of drug-likeness (QED) is 0.803. The van der Waals surface area contributed by atoms with Gasteiger partial charge in [-0.1, -0.05) is 30.7 Å². The molecule has 0 bridgehead atoms. The summed E-state index contributed by atoms with van der Waals surface area (Å²) in [5.74, 6) is -0.388. The van der Waals surface area contributed by atoms with Crippen LogP contribution < -0.4 is 0 Å². The summed E-state index contributed by atoms with van der Waals surface area (Å²) in [6.45, 7) is 4.80. The normalized spacial score (nSPS) is 17.8. The van der Waals surface area contributed by atoms with Gasteiger partial charge in [-0.05, 0) is 31.0 Å². The van der Waals surface area contributed by atoms with Crippen LogP contribution in [0.3, 0.4) is 0 Å². The Morgan fingerprint density at radius 1 is 1.33 bits per heavy atom. The number of esters is 1. The number of ether oxygens (including phenoxy) is 1. The van der Waals surface area contributed by atoms with E-state index in [0.29, 0.717) is 24.5 Å². The lowest BCUT2D eigenvalue weighted by molar-refractivity contribution is -0.157. The molecule has 1 fully saturated rings. The second-order valence-electron chi connectivity index (χ2n) is 5.62. The van der Waals surface area contributed by atoms with Crippen LogP contribution in [-0.4, -0.2) is 37.0 Å². The molecular weight excluding hydrogens is 290 g/mol. The van der Waals surface area contributed by atoms with Gasteiger partial charge in [0.1, 0.15) is 0 Å². The van der Waals surface area contributed by atoms with Gasteiger partial charge in [-0.2, -0.15) is 0 Å². The molecule has 5 heteroatoms. The number of hydrogen-bond acceptors (Lipinski definition) is 3. The second-order valence-corrected chi connectivity index (χ2v) is 6.06. The van der Waals surface area contributed by atoms with Crippen molar-refractivity contribution >= 4 is 23.5 Å². The van der Waals surface area contributed by atoms with E-state index in [0.717, 1.165) is 5.56 Å². The molecule has 114 valence electrons. The van der Waals surface area contributed by atoms with Crippen molar-refractivity contribution in [1.29, 1.82) is 0 Å². The molecule has 1 aromatic rings. The summed E-state index contributed by atoms with van der Waals surface area (Å²) < 4.78 is 4.70. The van der Waals surface area contributed by atoms with E-state index in [4.69, 9.17) is 16.3 Å². The maximum atomic E-state index is 12.8. The summed E-state index contributed by atoms with van der Waals surface area (Å²) in [7, 11) is 1.37. The zero-order chi connectivity index (χ0) is 15.6. The number of hydrogen-bond donors (Lipinski definition) is 0. The number of carbonyl (C=O) groups is 2. The number of methoxy groups -OCH3 is 1. The number of rotatable bonds is 4. The minimum atomic E-state index is -0.592. The topological polar surface area (TPSA) is 46.6 Å². The van der Waals surface area contributed by atoms with Gasteiger partial charge in [0.2, 0.25) is 5.91 Å². The SMILES string of the molecule is CCC(C)(C(=O)N1CC(C(=O)OC)C1)c1ccc(Cl)cc1. The van der Waals surface area contributed by atoms with Crippen molar-refractivity contribution in [3.8, 4) is 0 Å². The molecule has 0 radical (unpaired) electrons. The van der Waals surface area contributed by atoms with E-state index < -0.39 is 5.41 Å². The van der Waals surface area contributed by atoms with Gasteiger partial charge < -0.3 is 9.64 Å². The first-order valence-corrected chi connectivity index (χ1v) is 7.43. The first-order chi connectivity index (χ1) is 9.92. The first kappa shape index (κ1) is 15.8. The number of halogens is 1. The fourth-order valence-corrected chi connectivity index (χ4v) is 2.73. The molecule has 0 saturated carbocycles. The fraction of sp³-hybridized carbons (Fsp3) is 0.500. The van der Waals surface area contributed by atoms with Crippen molar-refractivity contribution in [2.45, 2.75) is 25.7 Å². The zero-order valence-corrected chi connectivity index (χ0v) is 13.3. The van der Waals surface area contributed by atoms with Crippen LogP contribution >= 0.6 is 11.6 Å². The van der Waals surface area contributed by atoms with Crippen LogP contribution in [0.2, 0.25) is 5.02 Å². The van der Waals surface area contributed by atoms with Crippen molar-refractivity contribution in [1.82, 2.24) is 4.90 Å². The molecule has 1 atom stereocenters. The summed E-state index contributed by atoms with van der Waals surface area (Å²) in [5.41, 5.74) is 0.354. The Kier molecular flexibility index (Phi) is 4.57. The van der Waals surface area contributed by atoms with Gasteiger partial charge in [0.15, 0.2) is 0 Å². The highest BCUT2D eigenvalue weighted by Gasteiger charge is 2.43. The molecule has 1 amide bonds. The first-order valence-electron chi connectivity index (χ1n) is 7.05. The van der Waals surface area contributed by atoms with E-state index in [9.17, 15) is 9.59 Å². The third kappa shape index (κ3) is 2.91. The van der Waals surface area contributed by atoms with Gasteiger partial charge in [0, 0.05) is 18.1 Å². The largest absolute Gasteiger partial charge is 0.469 e. The number of nitrogens with zero attached hydrogens (tertiary/aromatic N) is 1. The molecule has 1 unspecified atom stereocenters. The van der Waals surface area contributed by atoms with E-state index >= 15 is 0 Å². The molecule has 1 aromatic carbocycles. The van der Waals surface area contributed by atoms with Crippen molar-refractivity contribution in [2.24, 2.45) is 5.92 Å². The van der Waals surface area contributed by atoms with Gasteiger partial charge in [0.05, 0.1) is 18.4 Å². The van der Waals surface area contributed by atoms with Gasteiger partial charge in [-0.3, -0.25) is 9.59 Å². The molecule has 2 rings (SSSR count). The van der Waals surface area contributed by atoms with Gasteiger partial charge in [0.25, 0.3) is 0 Å². The van der Waals surface area contributed by atoms with E-state index in [-0.39, 0.29) is 17.8 Å². The van der Waals surface area contributed by atoms with Crippen molar-refractivity contribution in [3.05, 3.63) is 34.9 Å². The van der Waals surface area contributed by atoms with Crippen LogP contribution in [0, 0.1) is 5.92 Å². The molecule has 1 aliphatic rings. The van der Waals surface area contributed by atoms with Crippen LogP contribution in [-0.2, 0) is 19.7 Å². The molecule has 4 nitrogen and oxygen atoms in total. The Bertz CT molecular complexity index is 537. The third-order valence-electron chi connectivity index (χ3n) is 4.36. The highest BCUT2D eigenvalue weighted by atomic mass is 35.5. The number of benzene rings is 1. The molecule has 0 N–H and O–H groups in total. The molecule has 0 aliphatic carbocycles. The van der Waals surface area contributed by atoms with E-state index in [1.54, 1.807) is 17.0 Å². The van der Waals surface area contributed by atoms with Gasteiger partial charge in [-0.25, -0.2) is 0 Å². The maximum absolute atomic E-state index is 12.8. The lowest BCUT2D eigenvalue weighted by Crippen LogP contribution is -2.58. The van der Waals surface area contributed by atoms with Crippen LogP contribution in [0.5, 0.6) is 0 Å². The smallest absolute Gasteiger partial charge is 0.312 e. The van der Waals surface area contributed by atoms with Crippen molar-refractivity contribution < 1.29 is 14.3 Å². The molecule has 1 aliphatic heterocycles. The Morgan fingerprint density at radius 3 is 2.38 bits per heavy atom. The molecule has 0 aromatic heterocycles. The number of carbonyl (C=O) groups excluding carboxylic acids is 2. The standard InChI is InChI=1S/C16H20ClNO3/c1-4-16(2,12-5-7-13(17)8-6-12)15(20)18-9-11(10-18)14(19)21-3/h5-8,11H,4,9-10H2,1-3H3. The zero-order valence-electron chi connectivity index (χ0n) is 12.6. The monoisotopic (exact) mass is 309 g/mol. The Labute approximate surface area is 130 Å². The fourth-order valence-electron chi connectivity index (χ4n) is 2.61. The predicted molar refractivity (Wildman–Crippen MR) is 81.2 cm³/mol. The molecule has 0 spiro atoms. The molecular formula is C16H20ClNO3. The summed E-state index contributed by atoms with van der Waals surface area (Å²) in [5, 5.41) is 0.652. The van der Waals surface area contributed by atoms with Crippen molar-refractivity contribution in [3.63, 3.8) is 0 Å². The van der Waals surface area contributed by atoms with Gasteiger partial charge in [-0.15, -0.1) is 0 Å². The average molecular weight is 310 g/mol. The van der Waals surface area contributed by atoms with Gasteiger partial charge >= 0.3 is 5.97 Å². The van der Waals surface area contributed by atoms with Crippen LogP contribution in [0.4, 0.5) is 0 Å². The lowest BCUT2D eigenvalue weighted by atomic mass is 9.77. The molecule has 1 heterocycles. The van der Waals surface area contributed by atoms with E-state index in [1.807, 2.05) is 26.0 Å². The van der Waals surface area contributed by atoms with Crippen LogP contribution in [0.25, 0.3) is 0 Å². The minimum absolute atomic E-state index is 0.0486. The number of likely N-dealkylation sites (tertiary alicyclic amines) is 1. The molecule has 1 saturated heterocycles. The summed E-state index contributed by atoms with van der Waals surface area (Å²) in [6.07, 6.45) is 0.687. The van der Waals surface area contributed by atoms with E-state index in [1.165, 1.54) is 7.11 Å². The summed E-state index contributed by atoms with van der Waals surface area (Å²) in [4.78, 5) is 25.9. The second kappa shape index (κ2) is 6.06. The predicted octanol–water partition coefficient (Wildman–Crippen LogP) is 2.64.